The lowest BCUT2D eigenvalue weighted by molar-refractivity contribution is 0.0997. The molecule has 1 aromatic rings. The Bertz CT molecular complexity index is 441. The molecular formula is C17H25NO2. The highest BCUT2D eigenvalue weighted by atomic mass is 16.5. The second-order valence-corrected chi connectivity index (χ2v) is 5.84. The van der Waals surface area contributed by atoms with Gasteiger partial charge >= 0.3 is 0 Å². The molecule has 0 amide bonds. The van der Waals surface area contributed by atoms with E-state index >= 15 is 0 Å². The monoisotopic (exact) mass is 275 g/mol. The SMILES string of the molecule is CNC(CCC1CCCO1)c1cccc2c1OCCC2. The van der Waals surface area contributed by atoms with Crippen molar-refractivity contribution in [3.8, 4) is 5.75 Å². The lowest BCUT2D eigenvalue weighted by Crippen LogP contribution is -2.21. The number of fused-ring (bicyclic) bond motifs is 1. The van der Waals surface area contributed by atoms with Crippen molar-refractivity contribution in [2.45, 2.75) is 50.7 Å². The summed E-state index contributed by atoms with van der Waals surface area (Å²) in [5.74, 6) is 1.13. The largest absolute Gasteiger partial charge is 0.493 e. The maximum absolute atomic E-state index is 5.94. The van der Waals surface area contributed by atoms with Crippen molar-refractivity contribution in [2.24, 2.45) is 0 Å². The fourth-order valence-corrected chi connectivity index (χ4v) is 3.37. The summed E-state index contributed by atoms with van der Waals surface area (Å²) in [6, 6.07) is 6.94. The summed E-state index contributed by atoms with van der Waals surface area (Å²) < 4.78 is 11.7. The molecule has 0 spiro atoms. The van der Waals surface area contributed by atoms with Gasteiger partial charge in [0.1, 0.15) is 5.75 Å². The van der Waals surface area contributed by atoms with Crippen LogP contribution in [0.1, 0.15) is 49.3 Å². The number of aryl methyl sites for hydroxylation is 1. The molecule has 2 heterocycles. The fraction of sp³-hybridized carbons (Fsp3) is 0.647. The van der Waals surface area contributed by atoms with E-state index in [0.717, 1.165) is 44.6 Å². The van der Waals surface area contributed by atoms with Gasteiger partial charge < -0.3 is 14.8 Å². The summed E-state index contributed by atoms with van der Waals surface area (Å²) in [6.07, 6.45) is 7.43. The molecule has 0 radical (unpaired) electrons. The van der Waals surface area contributed by atoms with E-state index in [2.05, 4.69) is 23.5 Å². The summed E-state index contributed by atoms with van der Waals surface area (Å²) in [6.45, 7) is 1.80. The standard InChI is InChI=1S/C17H25NO2/c1-18-16(10-9-14-7-4-11-19-14)15-8-2-5-13-6-3-12-20-17(13)15/h2,5,8,14,16,18H,3-4,6-7,9-12H2,1H3. The summed E-state index contributed by atoms with van der Waals surface area (Å²) in [5, 5.41) is 3.46. The molecule has 110 valence electrons. The van der Waals surface area contributed by atoms with E-state index in [1.165, 1.54) is 24.0 Å². The average Bonchev–Trinajstić information content (AvgIpc) is 3.01. The minimum Gasteiger partial charge on any atom is -0.493 e. The van der Waals surface area contributed by atoms with Gasteiger partial charge in [0.25, 0.3) is 0 Å². The number of rotatable bonds is 5. The Balaban J connectivity index is 1.71. The van der Waals surface area contributed by atoms with Crippen molar-refractivity contribution < 1.29 is 9.47 Å². The number of para-hydroxylation sites is 1. The molecule has 0 bridgehead atoms. The number of benzene rings is 1. The first-order valence-electron chi connectivity index (χ1n) is 7.92. The van der Waals surface area contributed by atoms with Crippen LogP contribution in [0.25, 0.3) is 0 Å². The third-order valence-electron chi connectivity index (χ3n) is 4.49. The maximum Gasteiger partial charge on any atom is 0.127 e. The van der Waals surface area contributed by atoms with Crippen LogP contribution in [0.3, 0.4) is 0 Å². The number of hydrogen-bond acceptors (Lipinski definition) is 3. The normalized spacial score (nSPS) is 23.1. The van der Waals surface area contributed by atoms with Crippen molar-refractivity contribution in [1.29, 1.82) is 0 Å². The summed E-state index contributed by atoms with van der Waals surface area (Å²) in [7, 11) is 2.04. The minimum absolute atomic E-state index is 0.368. The summed E-state index contributed by atoms with van der Waals surface area (Å²) >= 11 is 0. The smallest absolute Gasteiger partial charge is 0.127 e. The molecule has 1 aromatic carbocycles. The van der Waals surface area contributed by atoms with Crippen LogP contribution < -0.4 is 10.1 Å². The van der Waals surface area contributed by atoms with Gasteiger partial charge in [0.05, 0.1) is 12.7 Å². The van der Waals surface area contributed by atoms with E-state index in [9.17, 15) is 0 Å². The van der Waals surface area contributed by atoms with Crippen LogP contribution in [0, 0.1) is 0 Å². The van der Waals surface area contributed by atoms with E-state index in [1.807, 2.05) is 7.05 Å². The van der Waals surface area contributed by atoms with Crippen molar-refractivity contribution in [3.63, 3.8) is 0 Å². The molecule has 0 saturated carbocycles. The van der Waals surface area contributed by atoms with Gasteiger partial charge in [-0.25, -0.2) is 0 Å². The Morgan fingerprint density at radius 1 is 1.30 bits per heavy atom. The molecule has 0 aromatic heterocycles. The van der Waals surface area contributed by atoms with Crippen LogP contribution in [0.5, 0.6) is 5.75 Å². The molecule has 2 unspecified atom stereocenters. The van der Waals surface area contributed by atoms with E-state index < -0.39 is 0 Å². The number of hydrogen-bond donors (Lipinski definition) is 1. The van der Waals surface area contributed by atoms with Crippen LogP contribution in [0.2, 0.25) is 0 Å². The molecule has 0 aliphatic carbocycles. The minimum atomic E-state index is 0.368. The van der Waals surface area contributed by atoms with Gasteiger partial charge in [-0.2, -0.15) is 0 Å². The second kappa shape index (κ2) is 6.59. The van der Waals surface area contributed by atoms with Gasteiger partial charge in [-0.15, -0.1) is 0 Å². The Kier molecular flexibility index (Phi) is 4.58. The van der Waals surface area contributed by atoms with E-state index in [1.54, 1.807) is 0 Å². The molecule has 2 atom stereocenters. The molecule has 3 rings (SSSR count). The zero-order chi connectivity index (χ0) is 13.8. The van der Waals surface area contributed by atoms with Crippen molar-refractivity contribution in [2.75, 3.05) is 20.3 Å². The van der Waals surface area contributed by atoms with Crippen molar-refractivity contribution in [1.82, 2.24) is 5.32 Å². The van der Waals surface area contributed by atoms with Crippen LogP contribution in [-0.4, -0.2) is 26.4 Å². The van der Waals surface area contributed by atoms with Crippen LogP contribution >= 0.6 is 0 Å². The summed E-state index contributed by atoms with van der Waals surface area (Å²) in [5.41, 5.74) is 2.69. The highest BCUT2D eigenvalue weighted by molar-refractivity contribution is 5.44. The molecule has 3 heteroatoms. The van der Waals surface area contributed by atoms with Crippen LogP contribution in [0.4, 0.5) is 0 Å². The Morgan fingerprint density at radius 2 is 2.25 bits per heavy atom. The van der Waals surface area contributed by atoms with E-state index in [0.29, 0.717) is 12.1 Å². The first-order valence-corrected chi connectivity index (χ1v) is 7.92. The zero-order valence-corrected chi connectivity index (χ0v) is 12.4. The lowest BCUT2D eigenvalue weighted by Gasteiger charge is -2.25. The quantitative estimate of drug-likeness (QED) is 0.895. The van der Waals surface area contributed by atoms with Crippen LogP contribution in [-0.2, 0) is 11.2 Å². The predicted octanol–water partition coefficient (Wildman–Crippen LogP) is 3.23. The van der Waals surface area contributed by atoms with E-state index in [4.69, 9.17) is 9.47 Å². The second-order valence-electron chi connectivity index (χ2n) is 5.84. The topological polar surface area (TPSA) is 30.5 Å². The molecule has 1 saturated heterocycles. The molecular weight excluding hydrogens is 250 g/mol. The van der Waals surface area contributed by atoms with Gasteiger partial charge in [-0.3, -0.25) is 0 Å². The van der Waals surface area contributed by atoms with Gasteiger partial charge in [-0.05, 0) is 51.1 Å². The Hall–Kier alpha value is -1.06. The molecule has 2 aliphatic heterocycles. The Morgan fingerprint density at radius 3 is 3.05 bits per heavy atom. The number of ether oxygens (including phenoxy) is 2. The average molecular weight is 275 g/mol. The fourth-order valence-electron chi connectivity index (χ4n) is 3.37. The molecule has 20 heavy (non-hydrogen) atoms. The third kappa shape index (κ3) is 2.99. The number of nitrogens with one attached hydrogen (secondary N) is 1. The van der Waals surface area contributed by atoms with Gasteiger partial charge in [-0.1, -0.05) is 18.2 Å². The van der Waals surface area contributed by atoms with Gasteiger partial charge in [0.2, 0.25) is 0 Å². The Labute approximate surface area is 121 Å². The highest BCUT2D eigenvalue weighted by Gasteiger charge is 2.22. The molecule has 1 fully saturated rings. The molecule has 3 nitrogen and oxygen atoms in total. The maximum atomic E-state index is 5.94. The van der Waals surface area contributed by atoms with Gasteiger partial charge in [0.15, 0.2) is 0 Å². The predicted molar refractivity (Wildman–Crippen MR) is 80.3 cm³/mol. The van der Waals surface area contributed by atoms with Crippen LogP contribution in [0.15, 0.2) is 18.2 Å². The highest BCUT2D eigenvalue weighted by Crippen LogP contribution is 2.35. The van der Waals surface area contributed by atoms with Gasteiger partial charge in [0, 0.05) is 18.2 Å². The zero-order valence-electron chi connectivity index (χ0n) is 12.4. The lowest BCUT2D eigenvalue weighted by atomic mass is 9.94. The first kappa shape index (κ1) is 13.9. The third-order valence-corrected chi connectivity index (χ3v) is 4.49. The van der Waals surface area contributed by atoms with Crippen molar-refractivity contribution >= 4 is 0 Å². The first-order chi connectivity index (χ1) is 9.88. The van der Waals surface area contributed by atoms with E-state index in [-0.39, 0.29) is 0 Å². The molecule has 1 N–H and O–H groups in total. The molecule has 2 aliphatic rings. The summed E-state index contributed by atoms with van der Waals surface area (Å²) in [4.78, 5) is 0. The van der Waals surface area contributed by atoms with Crippen molar-refractivity contribution in [3.05, 3.63) is 29.3 Å².